The minimum Gasteiger partial charge on any atom is -0.493 e. The third kappa shape index (κ3) is 4.03. The largest absolute Gasteiger partial charge is 0.493 e. The first-order valence-electron chi connectivity index (χ1n) is 9.40. The molecule has 0 bridgehead atoms. The fourth-order valence-electron chi connectivity index (χ4n) is 3.52. The molecular weight excluding hydrogens is 334 g/mol. The van der Waals surface area contributed by atoms with E-state index in [1.807, 2.05) is 55.5 Å². The minimum absolute atomic E-state index is 0.0356. The number of amides is 1. The van der Waals surface area contributed by atoms with Crippen LogP contribution >= 0.6 is 0 Å². The highest BCUT2D eigenvalue weighted by Gasteiger charge is 2.14. The third-order valence-corrected chi connectivity index (χ3v) is 4.93. The van der Waals surface area contributed by atoms with Crippen molar-refractivity contribution in [3.63, 3.8) is 0 Å². The number of nitrogens with one attached hydrogen (secondary N) is 1. The van der Waals surface area contributed by atoms with E-state index >= 15 is 0 Å². The van der Waals surface area contributed by atoms with Gasteiger partial charge in [0.05, 0.1) is 6.61 Å². The van der Waals surface area contributed by atoms with Crippen molar-refractivity contribution in [3.05, 3.63) is 89.5 Å². The zero-order chi connectivity index (χ0) is 18.6. The highest BCUT2D eigenvalue weighted by molar-refractivity contribution is 5.94. The van der Waals surface area contributed by atoms with Crippen LogP contribution in [0.3, 0.4) is 0 Å². The van der Waals surface area contributed by atoms with Gasteiger partial charge < -0.3 is 10.1 Å². The van der Waals surface area contributed by atoms with Crippen molar-refractivity contribution >= 4 is 5.91 Å². The molecule has 0 saturated carbocycles. The first-order chi connectivity index (χ1) is 13.2. The molecule has 0 fully saturated rings. The van der Waals surface area contributed by atoms with Gasteiger partial charge in [0.15, 0.2) is 0 Å². The zero-order valence-electron chi connectivity index (χ0n) is 15.4. The SMILES string of the molecule is CC(Cc1ccc2c(c1)CCO2)NC(=O)c1ccc(-c2ccccc2)cc1. The Bertz CT molecular complexity index is 932. The maximum atomic E-state index is 12.5. The molecule has 1 atom stereocenters. The Hall–Kier alpha value is -3.07. The molecule has 0 radical (unpaired) electrons. The van der Waals surface area contributed by atoms with Crippen LogP contribution in [0.25, 0.3) is 11.1 Å². The molecule has 0 spiro atoms. The van der Waals surface area contributed by atoms with E-state index in [0.29, 0.717) is 5.56 Å². The molecule has 3 aromatic rings. The topological polar surface area (TPSA) is 38.3 Å². The van der Waals surface area contributed by atoms with Crippen molar-refractivity contribution in [1.82, 2.24) is 5.32 Å². The second-order valence-electron chi connectivity index (χ2n) is 7.06. The van der Waals surface area contributed by atoms with Crippen LogP contribution in [0.15, 0.2) is 72.8 Å². The Morgan fingerprint density at radius 2 is 1.74 bits per heavy atom. The van der Waals surface area contributed by atoms with E-state index in [2.05, 4.69) is 29.6 Å². The van der Waals surface area contributed by atoms with Crippen LogP contribution in [0.4, 0.5) is 0 Å². The Labute approximate surface area is 160 Å². The molecular formula is C24H23NO2. The number of rotatable bonds is 5. The number of carbonyl (C=O) groups excluding carboxylic acids is 1. The molecule has 3 nitrogen and oxygen atoms in total. The fourth-order valence-corrected chi connectivity index (χ4v) is 3.52. The average molecular weight is 357 g/mol. The van der Waals surface area contributed by atoms with Gasteiger partial charge in [-0.3, -0.25) is 4.79 Å². The van der Waals surface area contributed by atoms with Crippen molar-refractivity contribution in [2.45, 2.75) is 25.8 Å². The van der Waals surface area contributed by atoms with Crippen LogP contribution in [0, 0.1) is 0 Å². The van der Waals surface area contributed by atoms with Crippen molar-refractivity contribution in [2.75, 3.05) is 6.61 Å². The van der Waals surface area contributed by atoms with Crippen LogP contribution in [0.5, 0.6) is 5.75 Å². The number of ether oxygens (including phenoxy) is 1. The maximum Gasteiger partial charge on any atom is 0.251 e. The highest BCUT2D eigenvalue weighted by atomic mass is 16.5. The Balaban J connectivity index is 1.38. The van der Waals surface area contributed by atoms with Crippen LogP contribution in [-0.4, -0.2) is 18.6 Å². The number of benzene rings is 3. The maximum absolute atomic E-state index is 12.5. The van der Waals surface area contributed by atoms with E-state index in [1.165, 1.54) is 11.1 Å². The molecule has 1 N–H and O–H groups in total. The van der Waals surface area contributed by atoms with Crippen molar-refractivity contribution in [1.29, 1.82) is 0 Å². The summed E-state index contributed by atoms with van der Waals surface area (Å²) in [5, 5.41) is 3.10. The molecule has 0 saturated heterocycles. The number of hydrogen-bond donors (Lipinski definition) is 1. The van der Waals surface area contributed by atoms with E-state index in [4.69, 9.17) is 4.74 Å². The number of hydrogen-bond acceptors (Lipinski definition) is 2. The van der Waals surface area contributed by atoms with Gasteiger partial charge in [-0.1, -0.05) is 54.6 Å². The molecule has 3 heteroatoms. The van der Waals surface area contributed by atoms with E-state index in [9.17, 15) is 4.79 Å². The molecule has 1 unspecified atom stereocenters. The Morgan fingerprint density at radius 1 is 1.00 bits per heavy atom. The van der Waals surface area contributed by atoms with Crippen LogP contribution in [0.2, 0.25) is 0 Å². The predicted octanol–water partition coefficient (Wildman–Crippen LogP) is 4.65. The summed E-state index contributed by atoms with van der Waals surface area (Å²) in [6.07, 6.45) is 1.78. The second kappa shape index (κ2) is 7.67. The lowest BCUT2D eigenvalue weighted by molar-refractivity contribution is 0.0940. The Morgan fingerprint density at radius 3 is 2.52 bits per heavy atom. The van der Waals surface area contributed by atoms with Gasteiger partial charge in [-0.2, -0.15) is 0 Å². The van der Waals surface area contributed by atoms with Gasteiger partial charge >= 0.3 is 0 Å². The summed E-state index contributed by atoms with van der Waals surface area (Å²) in [5.41, 5.74) is 5.44. The van der Waals surface area contributed by atoms with Gasteiger partial charge in [-0.25, -0.2) is 0 Å². The summed E-state index contributed by atoms with van der Waals surface area (Å²) in [5.74, 6) is 0.959. The number of carbonyl (C=O) groups is 1. The molecule has 3 aromatic carbocycles. The molecule has 136 valence electrons. The highest BCUT2D eigenvalue weighted by Crippen LogP contribution is 2.26. The van der Waals surface area contributed by atoms with E-state index in [0.717, 1.165) is 36.3 Å². The lowest BCUT2D eigenvalue weighted by Crippen LogP contribution is -2.34. The first-order valence-corrected chi connectivity index (χ1v) is 9.40. The van der Waals surface area contributed by atoms with Gasteiger partial charge in [0.2, 0.25) is 0 Å². The summed E-state index contributed by atoms with van der Waals surface area (Å²) in [6, 6.07) is 24.3. The molecule has 27 heavy (non-hydrogen) atoms. The summed E-state index contributed by atoms with van der Waals surface area (Å²) in [7, 11) is 0. The van der Waals surface area contributed by atoms with Crippen LogP contribution in [0.1, 0.15) is 28.4 Å². The van der Waals surface area contributed by atoms with Crippen LogP contribution in [-0.2, 0) is 12.8 Å². The van der Waals surface area contributed by atoms with Gasteiger partial charge in [0.25, 0.3) is 5.91 Å². The average Bonchev–Trinajstić information content (AvgIpc) is 3.16. The third-order valence-electron chi connectivity index (χ3n) is 4.93. The quantitative estimate of drug-likeness (QED) is 0.722. The second-order valence-corrected chi connectivity index (χ2v) is 7.06. The summed E-state index contributed by atoms with van der Waals surface area (Å²) < 4.78 is 5.55. The molecule has 1 amide bonds. The molecule has 0 aliphatic carbocycles. The summed E-state index contributed by atoms with van der Waals surface area (Å²) in [4.78, 5) is 12.5. The summed E-state index contributed by atoms with van der Waals surface area (Å²) in [6.45, 7) is 2.81. The predicted molar refractivity (Wildman–Crippen MR) is 108 cm³/mol. The van der Waals surface area contributed by atoms with Crippen molar-refractivity contribution in [2.24, 2.45) is 0 Å². The Kier molecular flexibility index (Phi) is 4.93. The van der Waals surface area contributed by atoms with Gasteiger partial charge in [-0.05, 0) is 53.8 Å². The minimum atomic E-state index is -0.0356. The standard InChI is InChI=1S/C24H23NO2/c1-17(15-18-7-12-23-22(16-18)13-14-27-23)25-24(26)21-10-8-20(9-11-21)19-5-3-2-4-6-19/h2-12,16-17H,13-15H2,1H3,(H,25,26). The molecule has 1 aliphatic rings. The number of fused-ring (bicyclic) bond motifs is 1. The fraction of sp³-hybridized carbons (Fsp3) is 0.208. The van der Waals surface area contributed by atoms with Crippen LogP contribution < -0.4 is 10.1 Å². The molecule has 4 rings (SSSR count). The van der Waals surface area contributed by atoms with Crippen molar-refractivity contribution < 1.29 is 9.53 Å². The van der Waals surface area contributed by atoms with E-state index in [-0.39, 0.29) is 11.9 Å². The smallest absolute Gasteiger partial charge is 0.251 e. The van der Waals surface area contributed by atoms with E-state index in [1.54, 1.807) is 0 Å². The molecule has 1 heterocycles. The van der Waals surface area contributed by atoms with Crippen molar-refractivity contribution in [3.8, 4) is 16.9 Å². The molecule has 1 aliphatic heterocycles. The first kappa shape index (κ1) is 17.3. The lowest BCUT2D eigenvalue weighted by Gasteiger charge is -2.15. The molecule has 0 aromatic heterocycles. The normalized spacial score (nSPS) is 13.5. The van der Waals surface area contributed by atoms with Gasteiger partial charge in [-0.15, -0.1) is 0 Å². The van der Waals surface area contributed by atoms with E-state index < -0.39 is 0 Å². The monoisotopic (exact) mass is 357 g/mol. The van der Waals surface area contributed by atoms with Gasteiger partial charge in [0, 0.05) is 18.0 Å². The van der Waals surface area contributed by atoms with Gasteiger partial charge in [0.1, 0.15) is 5.75 Å². The lowest BCUT2D eigenvalue weighted by atomic mass is 10.0. The summed E-state index contributed by atoms with van der Waals surface area (Å²) >= 11 is 0. The zero-order valence-corrected chi connectivity index (χ0v) is 15.4.